The molecular formula is C25H32N4O3. The molecule has 2 aromatic rings. The summed E-state index contributed by atoms with van der Waals surface area (Å²) in [6.45, 7) is 7.34. The summed E-state index contributed by atoms with van der Waals surface area (Å²) in [5.74, 6) is 0.800. The lowest BCUT2D eigenvalue weighted by Gasteiger charge is -2.36. The summed E-state index contributed by atoms with van der Waals surface area (Å²) in [4.78, 5) is 20.0. The van der Waals surface area contributed by atoms with Gasteiger partial charge in [0.15, 0.2) is 6.10 Å². The van der Waals surface area contributed by atoms with Crippen LogP contribution in [-0.2, 0) is 16.0 Å². The van der Waals surface area contributed by atoms with Gasteiger partial charge >= 0.3 is 0 Å². The van der Waals surface area contributed by atoms with Crippen LogP contribution >= 0.6 is 0 Å². The molecular weight excluding hydrogens is 404 g/mol. The van der Waals surface area contributed by atoms with Crippen LogP contribution in [0.3, 0.4) is 0 Å². The molecule has 1 atom stereocenters. The summed E-state index contributed by atoms with van der Waals surface area (Å²) in [6.07, 6.45) is 1.07. The maximum absolute atomic E-state index is 13.0. The molecule has 1 amide bonds. The van der Waals surface area contributed by atoms with Crippen LogP contribution in [0.2, 0.25) is 0 Å². The Hall–Kier alpha value is -2.77. The lowest BCUT2D eigenvalue weighted by molar-refractivity contribution is -0.123. The molecule has 7 nitrogen and oxygen atoms in total. The molecule has 3 heterocycles. The SMILES string of the molecule is CN1CCN(c2cccc3c2O[C@@H](C(=O)Nc2ccc(N4CCOCC4)cc2)CC3)CC1. The normalized spacial score (nSPS) is 21.6. The van der Waals surface area contributed by atoms with Gasteiger partial charge in [-0.2, -0.15) is 0 Å². The number of piperazine rings is 1. The highest BCUT2D eigenvalue weighted by Crippen LogP contribution is 2.38. The molecule has 0 unspecified atom stereocenters. The van der Waals surface area contributed by atoms with Gasteiger partial charge in [0.05, 0.1) is 18.9 Å². The summed E-state index contributed by atoms with van der Waals surface area (Å²) in [7, 11) is 2.15. The molecule has 1 N–H and O–H groups in total. The average molecular weight is 437 g/mol. The number of anilines is 3. The number of amides is 1. The van der Waals surface area contributed by atoms with E-state index in [-0.39, 0.29) is 5.91 Å². The highest BCUT2D eigenvalue weighted by atomic mass is 16.5. The number of hydrogen-bond donors (Lipinski definition) is 1. The number of benzene rings is 2. The molecule has 170 valence electrons. The molecule has 2 saturated heterocycles. The molecule has 0 aromatic heterocycles. The Kier molecular flexibility index (Phi) is 6.19. The van der Waals surface area contributed by atoms with E-state index in [1.807, 2.05) is 12.1 Å². The van der Waals surface area contributed by atoms with Gasteiger partial charge in [-0.05, 0) is 55.8 Å². The van der Waals surface area contributed by atoms with Crippen molar-refractivity contribution in [1.82, 2.24) is 4.90 Å². The van der Waals surface area contributed by atoms with Crippen LogP contribution in [0.5, 0.6) is 5.75 Å². The van der Waals surface area contributed by atoms with Gasteiger partial charge in [-0.1, -0.05) is 12.1 Å². The van der Waals surface area contributed by atoms with Crippen LogP contribution in [0.1, 0.15) is 12.0 Å². The minimum Gasteiger partial charge on any atom is -0.478 e. The molecule has 0 aliphatic carbocycles. The predicted molar refractivity (Wildman–Crippen MR) is 127 cm³/mol. The molecule has 0 bridgehead atoms. The van der Waals surface area contributed by atoms with Gasteiger partial charge in [-0.3, -0.25) is 4.79 Å². The number of hydrogen-bond acceptors (Lipinski definition) is 6. The van der Waals surface area contributed by atoms with Crippen molar-refractivity contribution < 1.29 is 14.3 Å². The molecule has 5 rings (SSSR count). The van der Waals surface area contributed by atoms with Gasteiger partial charge in [0, 0.05) is 50.6 Å². The second kappa shape index (κ2) is 9.38. The Morgan fingerprint density at radius 3 is 2.44 bits per heavy atom. The number of carbonyl (C=O) groups excluding carboxylic acids is 1. The van der Waals surface area contributed by atoms with E-state index in [9.17, 15) is 4.79 Å². The van der Waals surface area contributed by atoms with E-state index < -0.39 is 6.10 Å². The second-order valence-corrected chi connectivity index (χ2v) is 8.84. The van der Waals surface area contributed by atoms with Crippen molar-refractivity contribution in [2.75, 3.05) is 74.6 Å². The molecule has 3 aliphatic heterocycles. The Labute approximate surface area is 189 Å². The van der Waals surface area contributed by atoms with E-state index in [1.165, 1.54) is 5.56 Å². The number of nitrogens with one attached hydrogen (secondary N) is 1. The fourth-order valence-corrected chi connectivity index (χ4v) is 4.67. The number of nitrogens with zero attached hydrogens (tertiary/aromatic N) is 3. The Bertz CT molecular complexity index is 935. The minimum atomic E-state index is -0.477. The van der Waals surface area contributed by atoms with Gasteiger partial charge in [-0.15, -0.1) is 0 Å². The summed E-state index contributed by atoms with van der Waals surface area (Å²) in [5, 5.41) is 3.05. The Balaban J connectivity index is 1.25. The zero-order chi connectivity index (χ0) is 21.9. The molecule has 2 fully saturated rings. The topological polar surface area (TPSA) is 57.3 Å². The summed E-state index contributed by atoms with van der Waals surface area (Å²) in [6, 6.07) is 14.4. The molecule has 32 heavy (non-hydrogen) atoms. The average Bonchev–Trinajstić information content (AvgIpc) is 2.85. The van der Waals surface area contributed by atoms with E-state index in [0.717, 1.165) is 81.7 Å². The first kappa shape index (κ1) is 21.1. The number of fused-ring (bicyclic) bond motifs is 1. The third-order valence-electron chi connectivity index (χ3n) is 6.66. The minimum absolute atomic E-state index is 0.0806. The summed E-state index contributed by atoms with van der Waals surface area (Å²) in [5.41, 5.74) is 4.27. The van der Waals surface area contributed by atoms with Crippen LogP contribution < -0.4 is 19.9 Å². The van der Waals surface area contributed by atoms with E-state index >= 15 is 0 Å². The first-order chi connectivity index (χ1) is 15.7. The predicted octanol–water partition coefficient (Wildman–Crippen LogP) is 2.61. The Morgan fingerprint density at radius 1 is 0.938 bits per heavy atom. The third-order valence-corrected chi connectivity index (χ3v) is 6.66. The highest BCUT2D eigenvalue weighted by Gasteiger charge is 2.29. The maximum Gasteiger partial charge on any atom is 0.265 e. The number of rotatable bonds is 4. The number of para-hydroxylation sites is 1. The molecule has 0 spiro atoms. The van der Waals surface area contributed by atoms with Crippen molar-refractivity contribution >= 4 is 23.0 Å². The monoisotopic (exact) mass is 436 g/mol. The van der Waals surface area contributed by atoms with Crippen molar-refractivity contribution in [3.63, 3.8) is 0 Å². The van der Waals surface area contributed by atoms with Gasteiger partial charge in [0.25, 0.3) is 5.91 Å². The molecule has 0 saturated carbocycles. The molecule has 7 heteroatoms. The number of morpholine rings is 1. The zero-order valence-electron chi connectivity index (χ0n) is 18.8. The van der Waals surface area contributed by atoms with Crippen molar-refractivity contribution in [2.24, 2.45) is 0 Å². The molecule has 3 aliphatic rings. The van der Waals surface area contributed by atoms with Crippen LogP contribution in [0, 0.1) is 0 Å². The van der Waals surface area contributed by atoms with Crippen molar-refractivity contribution in [3.05, 3.63) is 48.0 Å². The van der Waals surface area contributed by atoms with E-state index in [4.69, 9.17) is 9.47 Å². The number of likely N-dealkylation sites (N-methyl/N-ethyl adjacent to an activating group) is 1. The van der Waals surface area contributed by atoms with Gasteiger partial charge in [-0.25, -0.2) is 0 Å². The smallest absolute Gasteiger partial charge is 0.265 e. The number of carbonyl (C=O) groups is 1. The first-order valence-electron chi connectivity index (χ1n) is 11.6. The number of aryl methyl sites for hydroxylation is 1. The quantitative estimate of drug-likeness (QED) is 0.795. The maximum atomic E-state index is 13.0. The van der Waals surface area contributed by atoms with Crippen LogP contribution in [0.25, 0.3) is 0 Å². The van der Waals surface area contributed by atoms with Crippen molar-refractivity contribution in [2.45, 2.75) is 18.9 Å². The van der Waals surface area contributed by atoms with Crippen LogP contribution in [0.15, 0.2) is 42.5 Å². The summed E-state index contributed by atoms with van der Waals surface area (Å²) >= 11 is 0. The standard InChI is InChI=1S/C25H32N4O3/c1-27-11-13-29(14-12-27)22-4-2-3-19-5-10-23(32-24(19)22)25(30)26-20-6-8-21(9-7-20)28-15-17-31-18-16-28/h2-4,6-9,23H,5,10-18H2,1H3,(H,26,30)/t23-/m1/s1. The van der Waals surface area contributed by atoms with Gasteiger partial charge in [0.1, 0.15) is 5.75 Å². The summed E-state index contributed by atoms with van der Waals surface area (Å²) < 4.78 is 11.7. The zero-order valence-corrected chi connectivity index (χ0v) is 18.8. The fourth-order valence-electron chi connectivity index (χ4n) is 4.67. The third kappa shape index (κ3) is 4.54. The Morgan fingerprint density at radius 2 is 1.69 bits per heavy atom. The van der Waals surface area contributed by atoms with Crippen molar-refractivity contribution in [1.29, 1.82) is 0 Å². The number of ether oxygens (including phenoxy) is 2. The van der Waals surface area contributed by atoms with E-state index in [1.54, 1.807) is 0 Å². The van der Waals surface area contributed by atoms with E-state index in [2.05, 4.69) is 57.4 Å². The largest absolute Gasteiger partial charge is 0.478 e. The van der Waals surface area contributed by atoms with Crippen molar-refractivity contribution in [3.8, 4) is 5.75 Å². The first-order valence-corrected chi connectivity index (χ1v) is 11.6. The van der Waals surface area contributed by atoms with Gasteiger partial charge < -0.3 is 29.5 Å². The molecule has 0 radical (unpaired) electrons. The lowest BCUT2D eigenvalue weighted by atomic mass is 10.00. The lowest BCUT2D eigenvalue weighted by Crippen LogP contribution is -2.45. The van der Waals surface area contributed by atoms with E-state index in [0.29, 0.717) is 6.42 Å². The highest BCUT2D eigenvalue weighted by molar-refractivity contribution is 5.95. The second-order valence-electron chi connectivity index (χ2n) is 8.84. The molecule has 2 aromatic carbocycles. The van der Waals surface area contributed by atoms with Crippen LogP contribution in [0.4, 0.5) is 17.1 Å². The fraction of sp³-hybridized carbons (Fsp3) is 0.480. The van der Waals surface area contributed by atoms with Crippen LogP contribution in [-0.4, -0.2) is 76.4 Å². The van der Waals surface area contributed by atoms with Gasteiger partial charge in [0.2, 0.25) is 0 Å².